The third kappa shape index (κ3) is 3.80. The van der Waals surface area contributed by atoms with Gasteiger partial charge in [0.2, 0.25) is 5.13 Å². The van der Waals surface area contributed by atoms with E-state index in [1.807, 2.05) is 24.3 Å². The number of carbonyl (C=O) groups excluding carboxylic acids is 1. The lowest BCUT2D eigenvalue weighted by atomic mass is 10.1. The summed E-state index contributed by atoms with van der Waals surface area (Å²) in [6.45, 7) is 0. The van der Waals surface area contributed by atoms with Crippen molar-refractivity contribution in [3.8, 4) is 22.1 Å². The fourth-order valence-corrected chi connectivity index (χ4v) is 3.23. The van der Waals surface area contributed by atoms with Crippen molar-refractivity contribution in [3.05, 3.63) is 52.5 Å². The average molecular weight is 420 g/mol. The molecule has 6 nitrogen and oxygen atoms in total. The van der Waals surface area contributed by atoms with Crippen LogP contribution in [0.4, 0.5) is 5.13 Å². The summed E-state index contributed by atoms with van der Waals surface area (Å²) >= 11 is 4.69. The second kappa shape index (κ2) is 7.62. The van der Waals surface area contributed by atoms with E-state index in [1.54, 1.807) is 18.2 Å². The summed E-state index contributed by atoms with van der Waals surface area (Å²) in [5, 5.41) is 12.0. The van der Waals surface area contributed by atoms with E-state index < -0.39 is 0 Å². The predicted molar refractivity (Wildman–Crippen MR) is 101 cm³/mol. The lowest BCUT2D eigenvalue weighted by Crippen LogP contribution is -2.14. The number of hydrogen-bond donors (Lipinski definition) is 1. The minimum Gasteiger partial charge on any atom is -0.496 e. The molecule has 0 aliphatic heterocycles. The van der Waals surface area contributed by atoms with Crippen LogP contribution in [0.15, 0.2) is 46.9 Å². The number of amides is 1. The normalized spacial score (nSPS) is 10.4. The van der Waals surface area contributed by atoms with Crippen molar-refractivity contribution in [2.75, 3.05) is 19.5 Å². The second-order valence-corrected chi connectivity index (χ2v) is 6.80. The van der Waals surface area contributed by atoms with Crippen molar-refractivity contribution >= 4 is 38.3 Å². The number of nitrogens with zero attached hydrogens (tertiary/aromatic N) is 2. The third-order valence-electron chi connectivity index (χ3n) is 3.39. The molecule has 2 aromatic carbocycles. The predicted octanol–water partition coefficient (Wildman–Crippen LogP) is 4.24. The largest absolute Gasteiger partial charge is 0.496 e. The van der Waals surface area contributed by atoms with Gasteiger partial charge in [0.05, 0.1) is 14.2 Å². The van der Waals surface area contributed by atoms with Gasteiger partial charge in [-0.2, -0.15) is 0 Å². The van der Waals surface area contributed by atoms with Crippen LogP contribution in [0.1, 0.15) is 10.4 Å². The summed E-state index contributed by atoms with van der Waals surface area (Å²) in [7, 11) is 3.00. The average Bonchev–Trinajstić information content (AvgIpc) is 3.09. The molecule has 8 heteroatoms. The molecule has 0 atom stereocenters. The topological polar surface area (TPSA) is 73.3 Å². The van der Waals surface area contributed by atoms with E-state index in [4.69, 9.17) is 9.47 Å². The molecule has 1 heterocycles. The number of nitrogens with one attached hydrogen (secondary N) is 1. The Balaban J connectivity index is 1.84. The molecule has 1 amide bonds. The molecule has 1 N–H and O–H groups in total. The molecule has 0 fully saturated rings. The summed E-state index contributed by atoms with van der Waals surface area (Å²) in [5.41, 5.74) is 1.24. The van der Waals surface area contributed by atoms with Crippen molar-refractivity contribution < 1.29 is 14.3 Å². The number of hydrogen-bond acceptors (Lipinski definition) is 6. The molecule has 0 aliphatic carbocycles. The van der Waals surface area contributed by atoms with Crippen LogP contribution in [0, 0.1) is 0 Å². The zero-order valence-electron chi connectivity index (χ0n) is 13.4. The van der Waals surface area contributed by atoms with Crippen LogP contribution >= 0.6 is 27.3 Å². The minimum absolute atomic E-state index is 0.313. The maximum Gasteiger partial charge on any atom is 0.265 e. The first kappa shape index (κ1) is 17.4. The number of ether oxygens (including phenoxy) is 2. The summed E-state index contributed by atoms with van der Waals surface area (Å²) in [4.78, 5) is 12.6. The van der Waals surface area contributed by atoms with Gasteiger partial charge in [-0.15, -0.1) is 10.2 Å². The van der Waals surface area contributed by atoms with Crippen LogP contribution in [0.2, 0.25) is 0 Å². The highest BCUT2D eigenvalue weighted by molar-refractivity contribution is 9.10. The van der Waals surface area contributed by atoms with Gasteiger partial charge >= 0.3 is 0 Å². The Labute approximate surface area is 156 Å². The monoisotopic (exact) mass is 419 g/mol. The molecule has 3 rings (SSSR count). The molecule has 0 spiro atoms. The van der Waals surface area contributed by atoms with Gasteiger partial charge in [-0.05, 0) is 24.3 Å². The molecule has 0 aliphatic rings. The highest BCUT2D eigenvalue weighted by atomic mass is 79.9. The van der Waals surface area contributed by atoms with Crippen molar-refractivity contribution in [3.63, 3.8) is 0 Å². The van der Waals surface area contributed by atoms with Gasteiger partial charge < -0.3 is 9.47 Å². The highest BCUT2D eigenvalue weighted by Crippen LogP contribution is 2.31. The Morgan fingerprint density at radius 1 is 1.04 bits per heavy atom. The fraction of sp³-hybridized carbons (Fsp3) is 0.118. The van der Waals surface area contributed by atoms with Crippen LogP contribution in [0.25, 0.3) is 10.6 Å². The van der Waals surface area contributed by atoms with Gasteiger partial charge in [0.15, 0.2) is 0 Å². The van der Waals surface area contributed by atoms with E-state index in [9.17, 15) is 4.79 Å². The molecule has 3 aromatic rings. The van der Waals surface area contributed by atoms with Crippen LogP contribution in [0.5, 0.6) is 11.5 Å². The number of benzene rings is 2. The molecule has 0 unspecified atom stereocenters. The van der Waals surface area contributed by atoms with Gasteiger partial charge in [0.25, 0.3) is 5.91 Å². The highest BCUT2D eigenvalue weighted by Gasteiger charge is 2.20. The summed E-state index contributed by atoms with van der Waals surface area (Å²) < 4.78 is 11.5. The summed E-state index contributed by atoms with van der Waals surface area (Å²) in [5.74, 6) is 0.483. The number of methoxy groups -OCH3 is 2. The van der Waals surface area contributed by atoms with Crippen molar-refractivity contribution in [2.45, 2.75) is 0 Å². The molecule has 1 aromatic heterocycles. The SMILES string of the molecule is COc1cccc(OC)c1C(=O)Nc1nnc(-c2ccc(Br)cc2)s1. The summed E-state index contributed by atoms with van der Waals surface area (Å²) in [6.07, 6.45) is 0. The van der Waals surface area contributed by atoms with E-state index >= 15 is 0 Å². The van der Waals surface area contributed by atoms with Gasteiger partial charge in [-0.1, -0.05) is 45.5 Å². The maximum absolute atomic E-state index is 12.6. The Morgan fingerprint density at radius 2 is 1.68 bits per heavy atom. The number of rotatable bonds is 5. The van der Waals surface area contributed by atoms with Crippen molar-refractivity contribution in [2.24, 2.45) is 0 Å². The molecule has 0 saturated heterocycles. The molecule has 0 bridgehead atoms. The van der Waals surface area contributed by atoms with E-state index in [1.165, 1.54) is 25.6 Å². The Bertz CT molecular complexity index is 874. The second-order valence-electron chi connectivity index (χ2n) is 4.91. The van der Waals surface area contributed by atoms with E-state index in [0.717, 1.165) is 15.0 Å². The Hall–Kier alpha value is -2.45. The Morgan fingerprint density at radius 3 is 2.28 bits per heavy atom. The number of carbonyl (C=O) groups is 1. The van der Waals surface area contributed by atoms with E-state index in [-0.39, 0.29) is 5.91 Å². The number of halogens is 1. The van der Waals surface area contributed by atoms with Crippen molar-refractivity contribution in [1.29, 1.82) is 0 Å². The van der Waals surface area contributed by atoms with E-state index in [2.05, 4.69) is 31.4 Å². The smallest absolute Gasteiger partial charge is 0.265 e. The molecule has 0 radical (unpaired) electrons. The first-order chi connectivity index (χ1) is 12.1. The molecular weight excluding hydrogens is 406 g/mol. The van der Waals surface area contributed by atoms with Crippen LogP contribution in [-0.2, 0) is 0 Å². The molecule has 128 valence electrons. The van der Waals surface area contributed by atoms with Crippen LogP contribution in [0.3, 0.4) is 0 Å². The molecule has 0 saturated carbocycles. The van der Waals surface area contributed by atoms with Gasteiger partial charge in [0.1, 0.15) is 22.1 Å². The fourth-order valence-electron chi connectivity index (χ4n) is 2.22. The van der Waals surface area contributed by atoms with Gasteiger partial charge in [0, 0.05) is 10.0 Å². The van der Waals surface area contributed by atoms with Crippen LogP contribution in [-0.4, -0.2) is 30.3 Å². The first-order valence-corrected chi connectivity index (χ1v) is 8.85. The first-order valence-electron chi connectivity index (χ1n) is 7.24. The number of anilines is 1. The zero-order valence-corrected chi connectivity index (χ0v) is 15.8. The zero-order chi connectivity index (χ0) is 17.8. The maximum atomic E-state index is 12.6. The third-order valence-corrected chi connectivity index (χ3v) is 4.81. The number of aromatic nitrogens is 2. The molecule has 25 heavy (non-hydrogen) atoms. The quantitative estimate of drug-likeness (QED) is 0.669. The van der Waals surface area contributed by atoms with E-state index in [0.29, 0.717) is 22.2 Å². The lowest BCUT2D eigenvalue weighted by molar-refractivity contribution is 0.102. The van der Waals surface area contributed by atoms with Gasteiger partial charge in [-0.25, -0.2) is 0 Å². The van der Waals surface area contributed by atoms with Crippen LogP contribution < -0.4 is 14.8 Å². The Kier molecular flexibility index (Phi) is 5.30. The lowest BCUT2D eigenvalue weighted by Gasteiger charge is -2.11. The minimum atomic E-state index is -0.368. The standard InChI is InChI=1S/C17H14BrN3O3S/c1-23-12-4-3-5-13(24-2)14(12)15(22)19-17-21-20-16(25-17)10-6-8-11(18)9-7-10/h3-9H,1-2H3,(H,19,21,22). The summed E-state index contributed by atoms with van der Waals surface area (Å²) in [6, 6.07) is 12.9. The molecular formula is C17H14BrN3O3S. The van der Waals surface area contributed by atoms with Crippen molar-refractivity contribution in [1.82, 2.24) is 10.2 Å². The van der Waals surface area contributed by atoms with Gasteiger partial charge in [-0.3, -0.25) is 10.1 Å².